The highest BCUT2D eigenvalue weighted by Gasteiger charge is 2.05. The summed E-state index contributed by atoms with van der Waals surface area (Å²) in [7, 11) is 1.56. The van der Waals surface area contributed by atoms with Gasteiger partial charge in [0.25, 0.3) is 0 Å². The molecule has 0 aliphatic rings. The van der Waals surface area contributed by atoms with Crippen molar-refractivity contribution in [1.29, 1.82) is 0 Å². The fraction of sp³-hybridized carbons (Fsp3) is 0.417. The summed E-state index contributed by atoms with van der Waals surface area (Å²) in [5.74, 6) is 2.06. The molecule has 0 bridgehead atoms. The van der Waals surface area contributed by atoms with E-state index in [9.17, 15) is 0 Å². The van der Waals surface area contributed by atoms with Gasteiger partial charge in [-0.1, -0.05) is 0 Å². The van der Waals surface area contributed by atoms with Crippen LogP contribution in [0.5, 0.6) is 5.88 Å². The van der Waals surface area contributed by atoms with Crippen LogP contribution in [0.25, 0.3) is 0 Å². The van der Waals surface area contributed by atoms with E-state index in [0.29, 0.717) is 24.9 Å². The lowest BCUT2D eigenvalue weighted by Crippen LogP contribution is -2.14. The van der Waals surface area contributed by atoms with Gasteiger partial charge in [0.05, 0.1) is 25.0 Å². The molecular formula is C12H16N4O2. The second-order valence-corrected chi connectivity index (χ2v) is 3.92. The van der Waals surface area contributed by atoms with Crippen molar-refractivity contribution < 1.29 is 9.15 Å². The Hall–Kier alpha value is -1.95. The zero-order valence-electron chi connectivity index (χ0n) is 10.7. The molecule has 96 valence electrons. The first-order valence-corrected chi connectivity index (χ1v) is 5.69. The summed E-state index contributed by atoms with van der Waals surface area (Å²) in [5.41, 5.74) is 1.77. The second-order valence-electron chi connectivity index (χ2n) is 3.92. The molecule has 0 spiro atoms. The Kier molecular flexibility index (Phi) is 3.88. The van der Waals surface area contributed by atoms with Crippen LogP contribution in [-0.2, 0) is 13.1 Å². The van der Waals surface area contributed by atoms with E-state index in [-0.39, 0.29) is 0 Å². The summed E-state index contributed by atoms with van der Waals surface area (Å²) in [6.45, 7) is 5.01. The number of ether oxygens (including phenoxy) is 1. The van der Waals surface area contributed by atoms with Crippen LogP contribution in [-0.4, -0.2) is 22.3 Å². The van der Waals surface area contributed by atoms with Gasteiger partial charge in [-0.15, -0.1) is 5.10 Å². The van der Waals surface area contributed by atoms with E-state index in [1.807, 2.05) is 19.9 Å². The number of aromatic nitrogens is 3. The maximum atomic E-state index is 5.46. The van der Waals surface area contributed by atoms with Crippen molar-refractivity contribution >= 4 is 0 Å². The topological polar surface area (TPSA) is 73.1 Å². The lowest BCUT2D eigenvalue weighted by atomic mass is 10.4. The number of nitrogens with one attached hydrogen (secondary N) is 1. The summed E-state index contributed by atoms with van der Waals surface area (Å²) in [6, 6.07) is 3.65. The van der Waals surface area contributed by atoms with Crippen molar-refractivity contribution in [1.82, 2.24) is 20.5 Å². The Morgan fingerprint density at radius 1 is 1.22 bits per heavy atom. The summed E-state index contributed by atoms with van der Waals surface area (Å²) >= 11 is 0. The molecule has 0 aliphatic carbocycles. The number of hydrogen-bond acceptors (Lipinski definition) is 6. The average molecular weight is 248 g/mol. The first kappa shape index (κ1) is 12.5. The highest BCUT2D eigenvalue weighted by atomic mass is 16.5. The van der Waals surface area contributed by atoms with Crippen LogP contribution in [0.1, 0.15) is 23.0 Å². The molecule has 0 saturated heterocycles. The molecule has 2 heterocycles. The summed E-state index contributed by atoms with van der Waals surface area (Å²) in [6.07, 6.45) is 0. The maximum absolute atomic E-state index is 5.46. The fourth-order valence-corrected chi connectivity index (χ4v) is 1.46. The van der Waals surface area contributed by atoms with Crippen LogP contribution in [0, 0.1) is 13.8 Å². The third-order valence-electron chi connectivity index (χ3n) is 2.56. The first-order valence-electron chi connectivity index (χ1n) is 5.69. The molecule has 6 heteroatoms. The largest absolute Gasteiger partial charge is 0.480 e. The van der Waals surface area contributed by atoms with Gasteiger partial charge in [-0.05, 0) is 19.9 Å². The minimum atomic E-state index is 0.512. The quantitative estimate of drug-likeness (QED) is 0.861. The Balaban J connectivity index is 1.84. The molecule has 1 N–H and O–H groups in total. The Morgan fingerprint density at radius 3 is 2.61 bits per heavy atom. The van der Waals surface area contributed by atoms with Gasteiger partial charge in [-0.3, -0.25) is 0 Å². The molecular weight excluding hydrogens is 232 g/mol. The standard InChI is InChI=1S/C12H16N4O2/c1-8-9(2)18-12(14-8)7-13-6-10-4-5-11(17-3)16-15-10/h4-5,13H,6-7H2,1-3H3. The lowest BCUT2D eigenvalue weighted by Gasteiger charge is -2.02. The van der Waals surface area contributed by atoms with E-state index in [2.05, 4.69) is 20.5 Å². The van der Waals surface area contributed by atoms with Crippen molar-refractivity contribution in [2.75, 3.05) is 7.11 Å². The van der Waals surface area contributed by atoms with Gasteiger partial charge < -0.3 is 14.5 Å². The summed E-state index contributed by atoms with van der Waals surface area (Å²) in [5, 5.41) is 11.1. The predicted octanol–water partition coefficient (Wildman–Crippen LogP) is 1.38. The van der Waals surface area contributed by atoms with Crippen molar-refractivity contribution in [2.45, 2.75) is 26.9 Å². The smallest absolute Gasteiger partial charge is 0.233 e. The maximum Gasteiger partial charge on any atom is 0.233 e. The minimum Gasteiger partial charge on any atom is -0.480 e. The Labute approximate surface area is 105 Å². The van der Waals surface area contributed by atoms with E-state index in [4.69, 9.17) is 9.15 Å². The molecule has 2 aromatic heterocycles. The molecule has 2 rings (SSSR count). The van der Waals surface area contributed by atoms with Gasteiger partial charge in [0, 0.05) is 12.6 Å². The molecule has 0 radical (unpaired) electrons. The van der Waals surface area contributed by atoms with Crippen LogP contribution < -0.4 is 10.1 Å². The molecule has 0 aromatic carbocycles. The number of aryl methyl sites for hydroxylation is 2. The van der Waals surface area contributed by atoms with E-state index in [1.54, 1.807) is 13.2 Å². The molecule has 0 fully saturated rings. The average Bonchev–Trinajstić information content (AvgIpc) is 2.69. The Morgan fingerprint density at radius 2 is 2.06 bits per heavy atom. The second kappa shape index (κ2) is 5.59. The van der Waals surface area contributed by atoms with Crippen molar-refractivity contribution in [3.8, 4) is 5.88 Å². The van der Waals surface area contributed by atoms with Crippen molar-refractivity contribution in [3.05, 3.63) is 35.2 Å². The first-order chi connectivity index (χ1) is 8.69. The molecule has 0 atom stereocenters. The van der Waals surface area contributed by atoms with Crippen LogP contribution in [0.3, 0.4) is 0 Å². The molecule has 6 nitrogen and oxygen atoms in total. The molecule has 0 saturated carbocycles. The molecule has 18 heavy (non-hydrogen) atoms. The highest BCUT2D eigenvalue weighted by Crippen LogP contribution is 2.08. The molecule has 0 aliphatic heterocycles. The van der Waals surface area contributed by atoms with E-state index in [0.717, 1.165) is 17.1 Å². The number of nitrogens with zero attached hydrogens (tertiary/aromatic N) is 3. The monoisotopic (exact) mass is 248 g/mol. The molecule has 2 aromatic rings. The van der Waals surface area contributed by atoms with Gasteiger partial charge in [0.2, 0.25) is 11.8 Å². The third kappa shape index (κ3) is 3.04. The van der Waals surface area contributed by atoms with Gasteiger partial charge in [-0.25, -0.2) is 4.98 Å². The predicted molar refractivity (Wildman–Crippen MR) is 65.1 cm³/mol. The van der Waals surface area contributed by atoms with Gasteiger partial charge in [-0.2, -0.15) is 5.10 Å². The van der Waals surface area contributed by atoms with Crippen LogP contribution >= 0.6 is 0 Å². The van der Waals surface area contributed by atoms with Gasteiger partial charge >= 0.3 is 0 Å². The van der Waals surface area contributed by atoms with Crippen molar-refractivity contribution in [3.63, 3.8) is 0 Å². The fourth-order valence-electron chi connectivity index (χ4n) is 1.46. The number of oxazole rings is 1. The van der Waals surface area contributed by atoms with Crippen LogP contribution in [0.4, 0.5) is 0 Å². The van der Waals surface area contributed by atoms with E-state index < -0.39 is 0 Å². The van der Waals surface area contributed by atoms with Crippen LogP contribution in [0.2, 0.25) is 0 Å². The lowest BCUT2D eigenvalue weighted by molar-refractivity contribution is 0.390. The van der Waals surface area contributed by atoms with Gasteiger partial charge in [0.15, 0.2) is 0 Å². The number of methoxy groups -OCH3 is 1. The van der Waals surface area contributed by atoms with Crippen LogP contribution in [0.15, 0.2) is 16.5 Å². The summed E-state index contributed by atoms with van der Waals surface area (Å²) < 4.78 is 10.4. The number of rotatable bonds is 5. The van der Waals surface area contributed by atoms with E-state index in [1.165, 1.54) is 0 Å². The Bertz CT molecular complexity index is 488. The zero-order chi connectivity index (χ0) is 13.0. The molecule has 0 unspecified atom stereocenters. The van der Waals surface area contributed by atoms with Crippen molar-refractivity contribution in [2.24, 2.45) is 0 Å². The minimum absolute atomic E-state index is 0.512. The third-order valence-corrected chi connectivity index (χ3v) is 2.56. The number of hydrogen-bond donors (Lipinski definition) is 1. The van der Waals surface area contributed by atoms with Gasteiger partial charge in [0.1, 0.15) is 5.76 Å². The highest BCUT2D eigenvalue weighted by molar-refractivity contribution is 5.11. The summed E-state index contributed by atoms with van der Waals surface area (Å²) in [4.78, 5) is 4.28. The molecule has 0 amide bonds. The zero-order valence-corrected chi connectivity index (χ0v) is 10.7. The van der Waals surface area contributed by atoms with E-state index >= 15 is 0 Å². The normalized spacial score (nSPS) is 10.6. The SMILES string of the molecule is COc1ccc(CNCc2nc(C)c(C)o2)nn1.